The second-order valence-electron chi connectivity index (χ2n) is 3.88. The summed E-state index contributed by atoms with van der Waals surface area (Å²) in [7, 11) is 2.14. The van der Waals surface area contributed by atoms with Gasteiger partial charge in [0.25, 0.3) is 0 Å². The minimum Gasteiger partial charge on any atom is -0.325 e. The van der Waals surface area contributed by atoms with Crippen LogP contribution in [-0.2, 0) is 6.54 Å². The van der Waals surface area contributed by atoms with Crippen molar-refractivity contribution in [3.63, 3.8) is 0 Å². The molecule has 0 bridgehead atoms. The third-order valence-corrected chi connectivity index (χ3v) is 2.88. The minimum atomic E-state index is 0.422. The van der Waals surface area contributed by atoms with Crippen LogP contribution in [-0.4, -0.2) is 35.4 Å². The van der Waals surface area contributed by atoms with Gasteiger partial charge in [-0.05, 0) is 33.0 Å². The number of nitrogens with two attached hydrogens (primary N) is 1. The van der Waals surface area contributed by atoms with Crippen molar-refractivity contribution in [3.8, 4) is 0 Å². The summed E-state index contributed by atoms with van der Waals surface area (Å²) in [5.74, 6) is 0.482. The summed E-state index contributed by atoms with van der Waals surface area (Å²) in [4.78, 5) is 2.33. The monoisotopic (exact) mass is 196 g/mol. The number of likely N-dealkylation sites (tertiary alicyclic amines) is 1. The molecule has 1 aromatic heterocycles. The first-order chi connectivity index (χ1) is 6.81. The molecular formula is C9H16N4O. The lowest BCUT2D eigenvalue weighted by Gasteiger charge is -2.27. The number of hydrogen-bond acceptors (Lipinski definition) is 5. The van der Waals surface area contributed by atoms with E-state index in [2.05, 4.69) is 22.3 Å². The number of piperidine rings is 1. The second-order valence-corrected chi connectivity index (χ2v) is 3.88. The van der Waals surface area contributed by atoms with Gasteiger partial charge in [-0.25, -0.2) is 4.63 Å². The number of nitrogens with zero attached hydrogens (tertiary/aromatic N) is 3. The SMILES string of the molecule is CN1CCC(c2nonc2CN)CC1. The van der Waals surface area contributed by atoms with Crippen molar-refractivity contribution in [2.24, 2.45) is 5.73 Å². The van der Waals surface area contributed by atoms with Gasteiger partial charge in [0, 0.05) is 12.5 Å². The molecule has 0 radical (unpaired) electrons. The molecule has 2 heterocycles. The standard InChI is InChI=1S/C9H16N4O/c1-13-4-2-7(3-5-13)9-8(6-10)11-14-12-9/h7H,2-6,10H2,1H3. The van der Waals surface area contributed by atoms with Gasteiger partial charge >= 0.3 is 0 Å². The van der Waals surface area contributed by atoms with Crippen molar-refractivity contribution in [2.75, 3.05) is 20.1 Å². The van der Waals surface area contributed by atoms with E-state index in [9.17, 15) is 0 Å². The summed E-state index contributed by atoms with van der Waals surface area (Å²) in [6, 6.07) is 0. The highest BCUT2D eigenvalue weighted by molar-refractivity contribution is 5.13. The van der Waals surface area contributed by atoms with Crippen molar-refractivity contribution in [1.29, 1.82) is 0 Å². The van der Waals surface area contributed by atoms with Crippen molar-refractivity contribution >= 4 is 0 Å². The molecule has 0 saturated carbocycles. The third-order valence-electron chi connectivity index (χ3n) is 2.88. The van der Waals surface area contributed by atoms with Crippen LogP contribution in [0.3, 0.4) is 0 Å². The fourth-order valence-electron chi connectivity index (χ4n) is 1.95. The zero-order chi connectivity index (χ0) is 9.97. The van der Waals surface area contributed by atoms with Crippen LogP contribution < -0.4 is 5.73 Å². The Hall–Kier alpha value is -0.940. The summed E-state index contributed by atoms with van der Waals surface area (Å²) >= 11 is 0. The Morgan fingerprint density at radius 1 is 1.43 bits per heavy atom. The first kappa shape index (κ1) is 9.61. The average molecular weight is 196 g/mol. The van der Waals surface area contributed by atoms with Crippen molar-refractivity contribution in [1.82, 2.24) is 15.2 Å². The molecule has 1 saturated heterocycles. The van der Waals surface area contributed by atoms with Gasteiger partial charge in [0.05, 0.1) is 0 Å². The molecule has 0 aliphatic carbocycles. The molecule has 1 aliphatic rings. The predicted octanol–water partition coefficient (Wildman–Crippen LogP) is 0.338. The van der Waals surface area contributed by atoms with E-state index in [4.69, 9.17) is 10.4 Å². The molecule has 0 aromatic carbocycles. The van der Waals surface area contributed by atoms with Crippen molar-refractivity contribution in [2.45, 2.75) is 25.3 Å². The van der Waals surface area contributed by atoms with E-state index < -0.39 is 0 Å². The molecule has 78 valence electrons. The molecule has 0 atom stereocenters. The molecular weight excluding hydrogens is 180 g/mol. The lowest BCUT2D eigenvalue weighted by Crippen LogP contribution is -2.29. The molecule has 0 unspecified atom stereocenters. The summed E-state index contributed by atoms with van der Waals surface area (Å²) in [5.41, 5.74) is 7.35. The molecule has 1 aromatic rings. The fraction of sp³-hybridized carbons (Fsp3) is 0.778. The number of hydrogen-bond donors (Lipinski definition) is 1. The molecule has 1 fully saturated rings. The van der Waals surface area contributed by atoms with E-state index in [0.717, 1.165) is 37.3 Å². The predicted molar refractivity (Wildman–Crippen MR) is 51.7 cm³/mol. The average Bonchev–Trinajstić information content (AvgIpc) is 2.67. The third kappa shape index (κ3) is 1.78. The number of rotatable bonds is 2. The van der Waals surface area contributed by atoms with E-state index in [0.29, 0.717) is 12.5 Å². The first-order valence-corrected chi connectivity index (χ1v) is 5.01. The summed E-state index contributed by atoms with van der Waals surface area (Å²) in [6.07, 6.45) is 2.25. The summed E-state index contributed by atoms with van der Waals surface area (Å²) in [6.45, 7) is 2.65. The van der Waals surface area contributed by atoms with Gasteiger partial charge in [-0.2, -0.15) is 0 Å². The molecule has 5 heteroatoms. The van der Waals surface area contributed by atoms with Gasteiger partial charge in [0.2, 0.25) is 0 Å². The van der Waals surface area contributed by atoms with Crippen LogP contribution in [0, 0.1) is 0 Å². The van der Waals surface area contributed by atoms with Gasteiger partial charge in [-0.1, -0.05) is 10.3 Å². The maximum absolute atomic E-state index is 5.56. The first-order valence-electron chi connectivity index (χ1n) is 5.01. The Kier molecular flexibility index (Phi) is 2.79. The van der Waals surface area contributed by atoms with Crippen molar-refractivity contribution in [3.05, 3.63) is 11.4 Å². The van der Waals surface area contributed by atoms with E-state index >= 15 is 0 Å². The summed E-state index contributed by atoms with van der Waals surface area (Å²) in [5, 5.41) is 7.76. The fourth-order valence-corrected chi connectivity index (χ4v) is 1.95. The molecule has 5 nitrogen and oxygen atoms in total. The van der Waals surface area contributed by atoms with Gasteiger partial charge in [0.1, 0.15) is 11.4 Å². The molecule has 1 aliphatic heterocycles. The Balaban J connectivity index is 2.08. The van der Waals surface area contributed by atoms with Crippen LogP contribution in [0.2, 0.25) is 0 Å². The van der Waals surface area contributed by atoms with Gasteiger partial charge in [-0.3, -0.25) is 0 Å². The zero-order valence-corrected chi connectivity index (χ0v) is 8.44. The lowest BCUT2D eigenvalue weighted by atomic mass is 9.92. The van der Waals surface area contributed by atoms with Crippen LogP contribution in [0.4, 0.5) is 0 Å². The van der Waals surface area contributed by atoms with Crippen molar-refractivity contribution < 1.29 is 4.63 Å². The van der Waals surface area contributed by atoms with E-state index in [1.807, 2.05) is 0 Å². The second kappa shape index (κ2) is 4.06. The molecule has 0 amide bonds. The maximum atomic E-state index is 5.56. The van der Waals surface area contributed by atoms with Gasteiger partial charge in [0.15, 0.2) is 0 Å². The van der Waals surface area contributed by atoms with Crippen LogP contribution in [0.15, 0.2) is 4.63 Å². The molecule has 0 spiro atoms. The van der Waals surface area contributed by atoms with Gasteiger partial charge in [-0.15, -0.1) is 0 Å². The van der Waals surface area contributed by atoms with Crippen LogP contribution >= 0.6 is 0 Å². The van der Waals surface area contributed by atoms with E-state index in [1.54, 1.807) is 0 Å². The summed E-state index contributed by atoms with van der Waals surface area (Å²) < 4.78 is 4.72. The van der Waals surface area contributed by atoms with E-state index in [1.165, 1.54) is 0 Å². The highest BCUT2D eigenvalue weighted by Crippen LogP contribution is 2.27. The quantitative estimate of drug-likeness (QED) is 0.738. The van der Waals surface area contributed by atoms with Crippen LogP contribution in [0.1, 0.15) is 30.1 Å². The van der Waals surface area contributed by atoms with Crippen LogP contribution in [0.25, 0.3) is 0 Å². The van der Waals surface area contributed by atoms with Gasteiger partial charge < -0.3 is 10.6 Å². The molecule has 14 heavy (non-hydrogen) atoms. The Labute approximate surface area is 83.2 Å². The smallest absolute Gasteiger partial charge is 0.122 e. The number of aromatic nitrogens is 2. The minimum absolute atomic E-state index is 0.422. The lowest BCUT2D eigenvalue weighted by molar-refractivity contribution is 0.245. The maximum Gasteiger partial charge on any atom is 0.122 e. The van der Waals surface area contributed by atoms with E-state index in [-0.39, 0.29) is 0 Å². The van der Waals surface area contributed by atoms with Crippen LogP contribution in [0.5, 0.6) is 0 Å². The Bertz CT molecular complexity index is 291. The highest BCUT2D eigenvalue weighted by Gasteiger charge is 2.24. The largest absolute Gasteiger partial charge is 0.325 e. The zero-order valence-electron chi connectivity index (χ0n) is 8.44. The molecule has 2 rings (SSSR count). The Morgan fingerprint density at radius 3 is 2.79 bits per heavy atom. The highest BCUT2D eigenvalue weighted by atomic mass is 16.6. The topological polar surface area (TPSA) is 68.2 Å². The normalized spacial score (nSPS) is 20.1. The molecule has 2 N–H and O–H groups in total. The Morgan fingerprint density at radius 2 is 2.14 bits per heavy atom.